The molecule has 0 N–H and O–H groups in total. The summed E-state index contributed by atoms with van der Waals surface area (Å²) in [7, 11) is 1.36. The lowest BCUT2D eigenvalue weighted by molar-refractivity contribution is -0.154. The second kappa shape index (κ2) is 9.86. The Balaban J connectivity index is 1.38. The van der Waals surface area contributed by atoms with Crippen LogP contribution in [0.5, 0.6) is 0 Å². The van der Waals surface area contributed by atoms with Crippen LogP contribution in [-0.2, 0) is 30.3 Å². The summed E-state index contributed by atoms with van der Waals surface area (Å²) in [6.45, 7) is 0.603. The van der Waals surface area contributed by atoms with Gasteiger partial charge >= 0.3 is 11.9 Å². The number of aromatic nitrogens is 1. The van der Waals surface area contributed by atoms with Crippen LogP contribution in [0.3, 0.4) is 0 Å². The van der Waals surface area contributed by atoms with Gasteiger partial charge in [-0.1, -0.05) is 30.3 Å². The average Bonchev–Trinajstić information content (AvgIpc) is 3.25. The fourth-order valence-corrected chi connectivity index (χ4v) is 3.21. The van der Waals surface area contributed by atoms with Gasteiger partial charge in [0.15, 0.2) is 18.3 Å². The molecule has 0 spiro atoms. The van der Waals surface area contributed by atoms with Crippen molar-refractivity contribution in [3.63, 3.8) is 0 Å². The number of hydrogen-bond donors (Lipinski definition) is 0. The Hall–Kier alpha value is -3.16. The van der Waals surface area contributed by atoms with Crippen LogP contribution in [0.15, 0.2) is 40.9 Å². The van der Waals surface area contributed by atoms with Crippen LogP contribution < -0.4 is 0 Å². The van der Waals surface area contributed by atoms with Gasteiger partial charge in [0, 0.05) is 25.1 Å². The fraction of sp³-hybridized carbons (Fsp3) is 0.429. The first-order chi connectivity index (χ1) is 14.1. The summed E-state index contributed by atoms with van der Waals surface area (Å²) in [5.74, 6) is -0.0819. The number of likely N-dealkylation sites (tertiary alicyclic amines) is 1. The van der Waals surface area contributed by atoms with E-state index in [0.29, 0.717) is 44.0 Å². The van der Waals surface area contributed by atoms with Gasteiger partial charge in [0.25, 0.3) is 5.91 Å². The van der Waals surface area contributed by atoms with E-state index < -0.39 is 5.97 Å². The van der Waals surface area contributed by atoms with Crippen molar-refractivity contribution < 1.29 is 28.3 Å². The summed E-state index contributed by atoms with van der Waals surface area (Å²) < 4.78 is 15.5. The topological polar surface area (TPSA) is 98.9 Å². The molecular formula is C21H24N2O6. The van der Waals surface area contributed by atoms with Crippen molar-refractivity contribution in [2.75, 3.05) is 26.8 Å². The normalized spacial score (nSPS) is 14.4. The minimum Gasteiger partial charge on any atom is -0.469 e. The molecule has 8 nitrogen and oxygen atoms in total. The van der Waals surface area contributed by atoms with Crippen molar-refractivity contribution in [2.45, 2.75) is 25.7 Å². The van der Waals surface area contributed by atoms with Crippen LogP contribution in [0.4, 0.5) is 0 Å². The molecule has 2 heterocycles. The third kappa shape index (κ3) is 5.66. The second-order valence-electron chi connectivity index (χ2n) is 6.82. The van der Waals surface area contributed by atoms with Gasteiger partial charge in [0.1, 0.15) is 0 Å². The molecule has 2 aromatic rings. The molecule has 0 saturated carbocycles. The monoisotopic (exact) mass is 400 g/mol. The number of amides is 1. The Kier molecular flexibility index (Phi) is 6.99. The standard InChI is InChI=1S/C21H24N2O6/c1-27-21(26)16-9-11-23(12-10-16)19(24)14-28-20(25)8-7-18-22-13-17(29-18)15-5-3-2-4-6-15/h2-6,13,16H,7-12,14H2,1H3. The van der Waals surface area contributed by atoms with Gasteiger partial charge in [0.2, 0.25) is 0 Å². The molecule has 1 fully saturated rings. The maximum atomic E-state index is 12.2. The number of aryl methyl sites for hydroxylation is 1. The zero-order valence-electron chi connectivity index (χ0n) is 16.3. The quantitative estimate of drug-likeness (QED) is 0.657. The lowest BCUT2D eigenvalue weighted by Gasteiger charge is -2.30. The van der Waals surface area contributed by atoms with Crippen molar-refractivity contribution in [3.8, 4) is 11.3 Å². The Morgan fingerprint density at radius 2 is 1.90 bits per heavy atom. The predicted molar refractivity (Wildman–Crippen MR) is 103 cm³/mol. The maximum absolute atomic E-state index is 12.2. The second-order valence-corrected chi connectivity index (χ2v) is 6.82. The van der Waals surface area contributed by atoms with Crippen molar-refractivity contribution >= 4 is 17.8 Å². The van der Waals surface area contributed by atoms with E-state index in [1.165, 1.54) is 7.11 Å². The van der Waals surface area contributed by atoms with E-state index in [1.807, 2.05) is 30.3 Å². The first kappa shape index (κ1) is 20.6. The Morgan fingerprint density at radius 1 is 1.17 bits per heavy atom. The molecule has 0 unspecified atom stereocenters. The summed E-state index contributed by atoms with van der Waals surface area (Å²) >= 11 is 0. The van der Waals surface area contributed by atoms with E-state index in [-0.39, 0.29) is 30.8 Å². The molecule has 0 atom stereocenters. The molecule has 154 valence electrons. The van der Waals surface area contributed by atoms with Gasteiger partial charge in [-0.3, -0.25) is 14.4 Å². The molecule has 1 aliphatic heterocycles. The number of benzene rings is 1. The average molecular weight is 400 g/mol. The number of oxazole rings is 1. The number of carbonyl (C=O) groups is 3. The summed E-state index contributed by atoms with van der Waals surface area (Å²) in [6.07, 6.45) is 3.11. The summed E-state index contributed by atoms with van der Waals surface area (Å²) in [6, 6.07) is 9.56. The van der Waals surface area contributed by atoms with Gasteiger partial charge in [-0.25, -0.2) is 4.98 Å². The maximum Gasteiger partial charge on any atom is 0.308 e. The van der Waals surface area contributed by atoms with E-state index in [4.69, 9.17) is 13.9 Å². The van der Waals surface area contributed by atoms with Crippen LogP contribution in [0.25, 0.3) is 11.3 Å². The van der Waals surface area contributed by atoms with Crippen LogP contribution in [0.1, 0.15) is 25.2 Å². The van der Waals surface area contributed by atoms with Gasteiger partial charge < -0.3 is 18.8 Å². The lowest BCUT2D eigenvalue weighted by Crippen LogP contribution is -2.42. The van der Waals surface area contributed by atoms with E-state index in [1.54, 1.807) is 11.1 Å². The summed E-state index contributed by atoms with van der Waals surface area (Å²) in [4.78, 5) is 41.4. The smallest absolute Gasteiger partial charge is 0.308 e. The number of esters is 2. The molecule has 29 heavy (non-hydrogen) atoms. The minimum atomic E-state index is -0.484. The lowest BCUT2D eigenvalue weighted by atomic mass is 9.97. The SMILES string of the molecule is COC(=O)C1CCN(C(=O)COC(=O)CCc2ncc(-c3ccccc3)o2)CC1. The number of nitrogens with zero attached hydrogens (tertiary/aromatic N) is 2. The van der Waals surface area contributed by atoms with Crippen LogP contribution in [0.2, 0.25) is 0 Å². The van der Waals surface area contributed by atoms with Crippen LogP contribution >= 0.6 is 0 Å². The summed E-state index contributed by atoms with van der Waals surface area (Å²) in [5.41, 5.74) is 0.912. The third-order valence-electron chi connectivity index (χ3n) is 4.89. The predicted octanol–water partition coefficient (Wildman–Crippen LogP) is 2.23. The molecule has 0 aliphatic carbocycles. The zero-order chi connectivity index (χ0) is 20.6. The molecule has 1 saturated heterocycles. The molecule has 0 bridgehead atoms. The van der Waals surface area contributed by atoms with Crippen molar-refractivity contribution in [1.82, 2.24) is 9.88 Å². The number of rotatable bonds is 7. The number of carbonyl (C=O) groups excluding carboxylic acids is 3. The Bertz CT molecular complexity index is 840. The molecule has 1 amide bonds. The molecule has 3 rings (SSSR count). The van der Waals surface area contributed by atoms with E-state index >= 15 is 0 Å². The van der Waals surface area contributed by atoms with Gasteiger partial charge in [-0.2, -0.15) is 0 Å². The minimum absolute atomic E-state index is 0.0758. The number of ether oxygens (including phenoxy) is 2. The van der Waals surface area contributed by atoms with Crippen molar-refractivity contribution in [3.05, 3.63) is 42.4 Å². The van der Waals surface area contributed by atoms with Crippen LogP contribution in [0, 0.1) is 5.92 Å². The highest BCUT2D eigenvalue weighted by atomic mass is 16.5. The highest BCUT2D eigenvalue weighted by molar-refractivity contribution is 5.81. The van der Waals surface area contributed by atoms with Crippen LogP contribution in [-0.4, -0.2) is 54.5 Å². The number of hydrogen-bond acceptors (Lipinski definition) is 7. The number of methoxy groups -OCH3 is 1. The largest absolute Gasteiger partial charge is 0.469 e. The summed E-state index contributed by atoms with van der Waals surface area (Å²) in [5, 5.41) is 0. The van der Waals surface area contributed by atoms with Gasteiger partial charge in [-0.05, 0) is 12.8 Å². The Labute approximate surface area is 168 Å². The number of piperidine rings is 1. The van der Waals surface area contributed by atoms with Gasteiger partial charge in [-0.15, -0.1) is 0 Å². The Morgan fingerprint density at radius 3 is 2.59 bits per heavy atom. The van der Waals surface area contributed by atoms with E-state index in [0.717, 1.165) is 5.56 Å². The van der Waals surface area contributed by atoms with Crippen molar-refractivity contribution in [2.24, 2.45) is 5.92 Å². The molecule has 8 heteroatoms. The highest BCUT2D eigenvalue weighted by Gasteiger charge is 2.28. The molecule has 0 radical (unpaired) electrons. The molecule has 1 aromatic carbocycles. The fourth-order valence-electron chi connectivity index (χ4n) is 3.21. The zero-order valence-corrected chi connectivity index (χ0v) is 16.3. The van der Waals surface area contributed by atoms with E-state index in [9.17, 15) is 14.4 Å². The third-order valence-corrected chi connectivity index (χ3v) is 4.89. The highest BCUT2D eigenvalue weighted by Crippen LogP contribution is 2.20. The van der Waals surface area contributed by atoms with Gasteiger partial charge in [0.05, 0.1) is 25.6 Å². The first-order valence-corrected chi connectivity index (χ1v) is 9.58. The van der Waals surface area contributed by atoms with Crippen molar-refractivity contribution in [1.29, 1.82) is 0 Å². The van der Waals surface area contributed by atoms with E-state index in [2.05, 4.69) is 4.98 Å². The first-order valence-electron chi connectivity index (χ1n) is 9.58. The molecular weight excluding hydrogens is 376 g/mol. The molecule has 1 aromatic heterocycles. The molecule has 1 aliphatic rings.